The number of nitrogens with zero attached hydrogens (tertiary/aromatic N) is 2. The van der Waals surface area contributed by atoms with Gasteiger partial charge in [0, 0.05) is 30.4 Å². The number of aromatic nitrogens is 2. The number of phenols is 1. The van der Waals surface area contributed by atoms with E-state index in [1.165, 1.54) is 5.56 Å². The highest BCUT2D eigenvalue weighted by molar-refractivity contribution is 5.29. The second-order valence-electron chi connectivity index (χ2n) is 4.83. The summed E-state index contributed by atoms with van der Waals surface area (Å²) >= 11 is 0. The van der Waals surface area contributed by atoms with Crippen LogP contribution in [-0.4, -0.2) is 14.9 Å². The summed E-state index contributed by atoms with van der Waals surface area (Å²) in [6.45, 7) is 7.17. The molecule has 1 aromatic carbocycles. The van der Waals surface area contributed by atoms with Gasteiger partial charge in [0.1, 0.15) is 5.75 Å². The summed E-state index contributed by atoms with van der Waals surface area (Å²) in [5.74, 6) is 0.303. The van der Waals surface area contributed by atoms with E-state index >= 15 is 0 Å². The number of nitrogens with one attached hydrogen (secondary N) is 1. The fourth-order valence-corrected chi connectivity index (χ4v) is 2.14. The third-order valence-electron chi connectivity index (χ3n) is 3.35. The van der Waals surface area contributed by atoms with Crippen molar-refractivity contribution < 1.29 is 5.11 Å². The van der Waals surface area contributed by atoms with Crippen molar-refractivity contribution in [2.75, 3.05) is 0 Å². The highest BCUT2D eigenvalue weighted by Gasteiger charge is 2.12. The number of phenolic OH excluding ortho intramolecular Hbond substituents is 1. The number of aromatic hydroxyl groups is 1. The summed E-state index contributed by atoms with van der Waals surface area (Å²) in [7, 11) is 0. The van der Waals surface area contributed by atoms with Gasteiger partial charge in [0.05, 0.1) is 6.20 Å². The summed E-state index contributed by atoms with van der Waals surface area (Å²) < 4.78 is 1.92. The maximum Gasteiger partial charge on any atom is 0.115 e. The van der Waals surface area contributed by atoms with Crippen molar-refractivity contribution >= 4 is 0 Å². The zero-order valence-corrected chi connectivity index (χ0v) is 11.7. The molecule has 0 fully saturated rings. The Kier molecular flexibility index (Phi) is 4.22. The molecule has 2 unspecified atom stereocenters. The van der Waals surface area contributed by atoms with Crippen molar-refractivity contribution in [3.05, 3.63) is 47.8 Å². The van der Waals surface area contributed by atoms with Crippen molar-refractivity contribution in [1.29, 1.82) is 0 Å². The van der Waals surface area contributed by atoms with E-state index in [2.05, 4.69) is 37.4 Å². The van der Waals surface area contributed by atoms with Gasteiger partial charge in [-0.2, -0.15) is 5.10 Å². The van der Waals surface area contributed by atoms with Crippen molar-refractivity contribution in [3.8, 4) is 5.75 Å². The highest BCUT2D eigenvalue weighted by Crippen LogP contribution is 2.21. The predicted molar refractivity (Wildman–Crippen MR) is 76.0 cm³/mol. The Morgan fingerprint density at radius 1 is 1.26 bits per heavy atom. The fraction of sp³-hybridized carbons (Fsp3) is 0.400. The molecule has 0 radical (unpaired) electrons. The van der Waals surface area contributed by atoms with Gasteiger partial charge >= 0.3 is 0 Å². The van der Waals surface area contributed by atoms with Gasteiger partial charge in [-0.15, -0.1) is 0 Å². The molecule has 0 saturated heterocycles. The molecule has 2 aromatic rings. The minimum atomic E-state index is 0.173. The van der Waals surface area contributed by atoms with Gasteiger partial charge in [-0.3, -0.25) is 4.68 Å². The van der Waals surface area contributed by atoms with E-state index < -0.39 is 0 Å². The first-order valence-electron chi connectivity index (χ1n) is 6.67. The predicted octanol–water partition coefficient (Wildman–Crippen LogP) is 3.02. The van der Waals surface area contributed by atoms with Crippen molar-refractivity contribution in [2.45, 2.75) is 39.4 Å². The topological polar surface area (TPSA) is 50.1 Å². The first kappa shape index (κ1) is 13.6. The van der Waals surface area contributed by atoms with Gasteiger partial charge < -0.3 is 10.4 Å². The summed E-state index contributed by atoms with van der Waals surface area (Å²) in [5, 5.41) is 17.3. The number of benzene rings is 1. The molecule has 1 heterocycles. The smallest absolute Gasteiger partial charge is 0.115 e. The van der Waals surface area contributed by atoms with E-state index in [0.29, 0.717) is 5.75 Å². The monoisotopic (exact) mass is 259 g/mol. The lowest BCUT2D eigenvalue weighted by molar-refractivity contribution is 0.466. The molecule has 2 atom stereocenters. The van der Waals surface area contributed by atoms with Gasteiger partial charge in [-0.05, 0) is 38.5 Å². The summed E-state index contributed by atoms with van der Waals surface area (Å²) in [6.07, 6.45) is 3.96. The van der Waals surface area contributed by atoms with Crippen LogP contribution in [0.1, 0.15) is 44.0 Å². The number of hydrogen-bond donors (Lipinski definition) is 2. The Morgan fingerprint density at radius 2 is 2.00 bits per heavy atom. The molecule has 2 rings (SSSR count). The minimum Gasteiger partial charge on any atom is -0.508 e. The van der Waals surface area contributed by atoms with Crippen LogP contribution in [0.15, 0.2) is 36.7 Å². The van der Waals surface area contributed by atoms with Crippen LogP contribution in [0.25, 0.3) is 0 Å². The molecular formula is C15H21N3O. The van der Waals surface area contributed by atoms with E-state index in [-0.39, 0.29) is 12.1 Å². The van der Waals surface area contributed by atoms with E-state index in [1.807, 2.05) is 23.0 Å². The third-order valence-corrected chi connectivity index (χ3v) is 3.35. The molecule has 0 aliphatic heterocycles. The van der Waals surface area contributed by atoms with Crippen LogP contribution in [-0.2, 0) is 6.54 Å². The van der Waals surface area contributed by atoms with E-state index in [0.717, 1.165) is 12.1 Å². The average Bonchev–Trinajstić information content (AvgIpc) is 2.87. The van der Waals surface area contributed by atoms with Crippen LogP contribution in [0.2, 0.25) is 0 Å². The first-order chi connectivity index (χ1) is 9.10. The van der Waals surface area contributed by atoms with Crippen molar-refractivity contribution in [3.63, 3.8) is 0 Å². The maximum absolute atomic E-state index is 9.51. The van der Waals surface area contributed by atoms with Gasteiger partial charge in [0.15, 0.2) is 0 Å². The lowest BCUT2D eigenvalue weighted by atomic mass is 10.1. The van der Waals surface area contributed by atoms with Crippen molar-refractivity contribution in [2.24, 2.45) is 0 Å². The quantitative estimate of drug-likeness (QED) is 0.867. The van der Waals surface area contributed by atoms with Gasteiger partial charge in [-0.25, -0.2) is 0 Å². The Hall–Kier alpha value is -1.81. The lowest BCUT2D eigenvalue weighted by Crippen LogP contribution is -2.22. The largest absolute Gasteiger partial charge is 0.508 e. The van der Waals surface area contributed by atoms with Crippen LogP contribution in [0.4, 0.5) is 0 Å². The van der Waals surface area contributed by atoms with Gasteiger partial charge in [-0.1, -0.05) is 12.1 Å². The van der Waals surface area contributed by atoms with Gasteiger partial charge in [0.25, 0.3) is 0 Å². The first-order valence-corrected chi connectivity index (χ1v) is 6.67. The molecule has 102 valence electrons. The third kappa shape index (κ3) is 3.35. The molecule has 2 N–H and O–H groups in total. The molecule has 0 spiro atoms. The van der Waals surface area contributed by atoms with Crippen LogP contribution in [0.3, 0.4) is 0 Å². The Balaban J connectivity index is 2.03. The van der Waals surface area contributed by atoms with Crippen LogP contribution in [0, 0.1) is 0 Å². The zero-order valence-electron chi connectivity index (χ0n) is 11.7. The van der Waals surface area contributed by atoms with Crippen LogP contribution in [0.5, 0.6) is 5.75 Å². The summed E-state index contributed by atoms with van der Waals surface area (Å²) in [6, 6.07) is 7.75. The van der Waals surface area contributed by atoms with Crippen molar-refractivity contribution in [1.82, 2.24) is 15.1 Å². The second-order valence-corrected chi connectivity index (χ2v) is 4.83. The molecule has 4 heteroatoms. The molecule has 4 nitrogen and oxygen atoms in total. The minimum absolute atomic E-state index is 0.173. The molecule has 0 bridgehead atoms. The van der Waals surface area contributed by atoms with Crippen LogP contribution >= 0.6 is 0 Å². The Labute approximate surface area is 114 Å². The second kappa shape index (κ2) is 5.89. The molecule has 0 aliphatic carbocycles. The lowest BCUT2D eigenvalue weighted by Gasteiger charge is -2.19. The van der Waals surface area contributed by atoms with Gasteiger partial charge in [0.2, 0.25) is 0 Å². The highest BCUT2D eigenvalue weighted by atomic mass is 16.3. The number of aryl methyl sites for hydroxylation is 1. The Bertz CT molecular complexity index is 536. The normalized spacial score (nSPS) is 14.3. The fourth-order valence-electron chi connectivity index (χ4n) is 2.14. The molecule has 1 aromatic heterocycles. The SMILES string of the molecule is CCn1cc(C(C)NC(C)c2cccc(O)c2)cn1. The molecule has 19 heavy (non-hydrogen) atoms. The molecular weight excluding hydrogens is 238 g/mol. The standard InChI is InChI=1S/C15H21N3O/c1-4-18-10-14(9-16-18)12(3)17-11(2)13-6-5-7-15(19)8-13/h5-12,17,19H,4H2,1-3H3. The van der Waals surface area contributed by atoms with E-state index in [1.54, 1.807) is 12.1 Å². The molecule has 0 saturated carbocycles. The number of hydrogen-bond acceptors (Lipinski definition) is 3. The average molecular weight is 259 g/mol. The summed E-state index contributed by atoms with van der Waals surface area (Å²) in [5.41, 5.74) is 2.25. The van der Waals surface area contributed by atoms with E-state index in [9.17, 15) is 5.11 Å². The maximum atomic E-state index is 9.51. The van der Waals surface area contributed by atoms with Crippen LogP contribution < -0.4 is 5.32 Å². The number of rotatable bonds is 5. The Morgan fingerprint density at radius 3 is 2.63 bits per heavy atom. The summed E-state index contributed by atoms with van der Waals surface area (Å²) in [4.78, 5) is 0. The van der Waals surface area contributed by atoms with E-state index in [4.69, 9.17) is 0 Å². The molecule has 0 amide bonds. The zero-order chi connectivity index (χ0) is 13.8. The molecule has 0 aliphatic rings.